The normalized spacial score (nSPS) is 11.9. The zero-order valence-corrected chi connectivity index (χ0v) is 14.2. The minimum Gasteiger partial charge on any atom is -0.497 e. The first kappa shape index (κ1) is 16.6. The Bertz CT molecular complexity index is 886. The molecule has 8 heteroatoms. The number of nitrogens with zero attached hydrogens (tertiary/aromatic N) is 1. The zero-order chi connectivity index (χ0) is 16.7. The van der Waals surface area contributed by atoms with E-state index < -0.39 is 19.4 Å². The van der Waals surface area contributed by atoms with Crippen LogP contribution in [0.1, 0.15) is 19.9 Å². The molecule has 0 unspecified atom stereocenters. The van der Waals surface area contributed by atoms with Crippen molar-refractivity contribution in [2.75, 3.05) is 14.2 Å². The maximum Gasteiger partial charge on any atom is 0.266 e. The summed E-state index contributed by atoms with van der Waals surface area (Å²) in [5, 5.41) is 0.173. The van der Waals surface area contributed by atoms with E-state index in [0.29, 0.717) is 17.0 Å². The molecule has 0 fully saturated rings. The molecule has 0 saturated carbocycles. The Morgan fingerprint density at radius 1 is 1.18 bits per heavy atom. The van der Waals surface area contributed by atoms with Crippen molar-refractivity contribution >= 4 is 30.6 Å². The van der Waals surface area contributed by atoms with Crippen molar-refractivity contribution < 1.29 is 17.9 Å². The van der Waals surface area contributed by atoms with Crippen molar-refractivity contribution in [1.29, 1.82) is 0 Å². The van der Waals surface area contributed by atoms with Gasteiger partial charge in [-0.3, -0.25) is 4.79 Å². The molecule has 0 aliphatic rings. The fourth-order valence-electron chi connectivity index (χ4n) is 2.26. The predicted octanol–water partition coefficient (Wildman–Crippen LogP) is 2.53. The van der Waals surface area contributed by atoms with E-state index in [1.54, 1.807) is 10.6 Å². The molecule has 2 rings (SSSR count). The third kappa shape index (κ3) is 2.78. The second kappa shape index (κ2) is 5.81. The maximum absolute atomic E-state index is 12.5. The average Bonchev–Trinajstić information content (AvgIpc) is 2.45. The number of rotatable bonds is 4. The minimum absolute atomic E-state index is 0.109. The number of pyridine rings is 1. The fraction of sp³-hybridized carbons (Fsp3) is 0.357. The second-order valence-electron chi connectivity index (χ2n) is 4.99. The highest BCUT2D eigenvalue weighted by Gasteiger charge is 2.22. The summed E-state index contributed by atoms with van der Waals surface area (Å²) in [6.45, 7) is 3.72. The highest BCUT2D eigenvalue weighted by atomic mass is 35.7. The first-order valence-electron chi connectivity index (χ1n) is 6.46. The van der Waals surface area contributed by atoms with Gasteiger partial charge in [0.05, 0.1) is 25.1 Å². The molecule has 6 nitrogen and oxygen atoms in total. The lowest BCUT2D eigenvalue weighted by Gasteiger charge is -2.19. The lowest BCUT2D eigenvalue weighted by molar-refractivity contribution is 0.395. The Hall–Kier alpha value is -1.73. The van der Waals surface area contributed by atoms with Crippen LogP contribution in [0.25, 0.3) is 10.9 Å². The molecule has 22 heavy (non-hydrogen) atoms. The monoisotopic (exact) mass is 345 g/mol. The Labute approximate surface area is 132 Å². The van der Waals surface area contributed by atoms with Gasteiger partial charge >= 0.3 is 0 Å². The summed E-state index contributed by atoms with van der Waals surface area (Å²) in [6.07, 6.45) is 1.24. The molecule has 0 radical (unpaired) electrons. The standard InChI is InChI=1S/C14H16ClNO5S/c1-8(2)16-7-12(22(15,18)19)14(17)10-5-9(20-3)6-11(21-4)13(10)16/h5-8H,1-4H3. The Morgan fingerprint density at radius 3 is 2.27 bits per heavy atom. The zero-order valence-electron chi connectivity index (χ0n) is 12.6. The number of ether oxygens (including phenoxy) is 2. The van der Waals surface area contributed by atoms with Gasteiger partial charge in [0.2, 0.25) is 5.43 Å². The molecule has 0 spiro atoms. The van der Waals surface area contributed by atoms with Crippen LogP contribution in [0, 0.1) is 0 Å². The quantitative estimate of drug-likeness (QED) is 0.796. The largest absolute Gasteiger partial charge is 0.497 e. The first-order valence-corrected chi connectivity index (χ1v) is 8.77. The summed E-state index contributed by atoms with van der Waals surface area (Å²) in [4.78, 5) is 12.0. The van der Waals surface area contributed by atoms with Crippen LogP contribution in [0.5, 0.6) is 11.5 Å². The molecule has 1 aromatic heterocycles. The minimum atomic E-state index is -4.16. The Balaban J connectivity index is 3.10. The van der Waals surface area contributed by atoms with E-state index in [-0.39, 0.29) is 11.4 Å². The van der Waals surface area contributed by atoms with E-state index in [1.165, 1.54) is 26.5 Å². The van der Waals surface area contributed by atoms with Crippen LogP contribution >= 0.6 is 10.7 Å². The molecular weight excluding hydrogens is 330 g/mol. The van der Waals surface area contributed by atoms with Crippen molar-refractivity contribution in [3.8, 4) is 11.5 Å². The third-order valence-electron chi connectivity index (χ3n) is 3.31. The Kier molecular flexibility index (Phi) is 4.39. The molecule has 0 aliphatic heterocycles. The molecule has 0 bridgehead atoms. The Morgan fingerprint density at radius 2 is 1.82 bits per heavy atom. The second-order valence-corrected chi connectivity index (χ2v) is 7.52. The smallest absolute Gasteiger partial charge is 0.266 e. The lowest BCUT2D eigenvalue weighted by Crippen LogP contribution is -2.18. The van der Waals surface area contributed by atoms with Crippen molar-refractivity contribution in [2.45, 2.75) is 24.8 Å². The fourth-order valence-corrected chi connectivity index (χ4v) is 3.16. The van der Waals surface area contributed by atoms with Gasteiger partial charge in [-0.05, 0) is 19.9 Å². The van der Waals surface area contributed by atoms with Crippen LogP contribution in [0.15, 0.2) is 28.0 Å². The number of halogens is 1. The van der Waals surface area contributed by atoms with E-state index in [0.717, 1.165) is 0 Å². The highest BCUT2D eigenvalue weighted by Crippen LogP contribution is 2.32. The predicted molar refractivity (Wildman–Crippen MR) is 84.7 cm³/mol. The first-order chi connectivity index (χ1) is 10.2. The van der Waals surface area contributed by atoms with Crippen LogP contribution in [-0.2, 0) is 9.05 Å². The van der Waals surface area contributed by atoms with Gasteiger partial charge in [-0.2, -0.15) is 0 Å². The van der Waals surface area contributed by atoms with Crippen LogP contribution in [0.2, 0.25) is 0 Å². The summed E-state index contributed by atoms with van der Waals surface area (Å²) in [6, 6.07) is 3.00. The molecule has 0 atom stereocenters. The number of benzene rings is 1. The van der Waals surface area contributed by atoms with E-state index in [4.69, 9.17) is 20.2 Å². The van der Waals surface area contributed by atoms with E-state index in [9.17, 15) is 13.2 Å². The highest BCUT2D eigenvalue weighted by molar-refractivity contribution is 8.13. The van der Waals surface area contributed by atoms with Crippen molar-refractivity contribution in [3.05, 3.63) is 28.6 Å². The molecule has 0 saturated heterocycles. The molecule has 2 aromatic rings. The van der Waals surface area contributed by atoms with Gasteiger partial charge < -0.3 is 14.0 Å². The lowest BCUT2D eigenvalue weighted by atomic mass is 10.1. The van der Waals surface area contributed by atoms with Gasteiger partial charge in [0, 0.05) is 29.0 Å². The molecule has 1 heterocycles. The molecule has 0 amide bonds. The number of hydrogen-bond donors (Lipinski definition) is 0. The topological polar surface area (TPSA) is 74.6 Å². The molecule has 120 valence electrons. The van der Waals surface area contributed by atoms with Gasteiger partial charge in [-0.1, -0.05) is 0 Å². The van der Waals surface area contributed by atoms with Crippen molar-refractivity contribution in [1.82, 2.24) is 4.57 Å². The summed E-state index contributed by atoms with van der Waals surface area (Å²) >= 11 is 0. The van der Waals surface area contributed by atoms with Crippen LogP contribution in [0.4, 0.5) is 0 Å². The number of hydrogen-bond acceptors (Lipinski definition) is 5. The molecule has 0 aliphatic carbocycles. The van der Waals surface area contributed by atoms with Crippen LogP contribution < -0.4 is 14.9 Å². The number of fused-ring (bicyclic) bond motifs is 1. The summed E-state index contributed by atoms with van der Waals surface area (Å²) < 4.78 is 35.4. The summed E-state index contributed by atoms with van der Waals surface area (Å²) in [7, 11) is 4.14. The maximum atomic E-state index is 12.5. The van der Waals surface area contributed by atoms with Crippen molar-refractivity contribution in [3.63, 3.8) is 0 Å². The van der Waals surface area contributed by atoms with Gasteiger partial charge in [0.25, 0.3) is 9.05 Å². The molecular formula is C14H16ClNO5S. The van der Waals surface area contributed by atoms with Gasteiger partial charge in [-0.25, -0.2) is 8.42 Å². The van der Waals surface area contributed by atoms with Crippen LogP contribution in [0.3, 0.4) is 0 Å². The van der Waals surface area contributed by atoms with Gasteiger partial charge in [-0.15, -0.1) is 0 Å². The average molecular weight is 346 g/mol. The van der Waals surface area contributed by atoms with Gasteiger partial charge in [0.1, 0.15) is 16.4 Å². The molecule has 1 aromatic carbocycles. The van der Waals surface area contributed by atoms with Crippen molar-refractivity contribution in [2.24, 2.45) is 0 Å². The SMILES string of the molecule is COc1cc(OC)c2c(c1)c(=O)c(S(=O)(=O)Cl)cn2C(C)C. The molecule has 0 N–H and O–H groups in total. The van der Waals surface area contributed by atoms with Crippen LogP contribution in [-0.4, -0.2) is 27.2 Å². The van der Waals surface area contributed by atoms with E-state index >= 15 is 0 Å². The summed E-state index contributed by atoms with van der Waals surface area (Å²) in [5.41, 5.74) is -0.188. The third-order valence-corrected chi connectivity index (χ3v) is 4.62. The van der Waals surface area contributed by atoms with Gasteiger partial charge in [0.15, 0.2) is 0 Å². The van der Waals surface area contributed by atoms with E-state index in [2.05, 4.69) is 0 Å². The summed E-state index contributed by atoms with van der Waals surface area (Å²) in [5.74, 6) is 0.805. The van der Waals surface area contributed by atoms with E-state index in [1.807, 2.05) is 13.8 Å². The number of methoxy groups -OCH3 is 2. The number of aromatic nitrogens is 1.